The Bertz CT molecular complexity index is 1140. The first-order chi connectivity index (χ1) is 14.9. The van der Waals surface area contributed by atoms with Gasteiger partial charge in [-0.15, -0.1) is 0 Å². The van der Waals surface area contributed by atoms with E-state index in [9.17, 15) is 18.0 Å². The van der Waals surface area contributed by atoms with Crippen LogP contribution in [0.2, 0.25) is 0 Å². The van der Waals surface area contributed by atoms with Crippen molar-refractivity contribution in [3.63, 3.8) is 0 Å². The minimum Gasteiger partial charge on any atom is -0.484 e. The molecule has 3 aromatic carbocycles. The van der Waals surface area contributed by atoms with Gasteiger partial charge < -0.3 is 14.8 Å². The highest BCUT2D eigenvalue weighted by atomic mass is 32.2. The molecular formula is C22H20N2O6S. The molecule has 1 amide bonds. The maximum atomic E-state index is 12.4. The fourth-order valence-electron chi connectivity index (χ4n) is 2.59. The smallest absolute Gasteiger partial charge is 0.337 e. The summed E-state index contributed by atoms with van der Waals surface area (Å²) in [4.78, 5) is 23.5. The van der Waals surface area contributed by atoms with Gasteiger partial charge in [0.25, 0.3) is 15.9 Å². The third-order valence-corrected chi connectivity index (χ3v) is 5.52. The Labute approximate surface area is 179 Å². The monoisotopic (exact) mass is 440 g/mol. The number of esters is 1. The van der Waals surface area contributed by atoms with E-state index >= 15 is 0 Å². The molecule has 0 saturated carbocycles. The Morgan fingerprint density at radius 3 is 2.10 bits per heavy atom. The highest BCUT2D eigenvalue weighted by Gasteiger charge is 2.14. The van der Waals surface area contributed by atoms with Gasteiger partial charge >= 0.3 is 5.97 Å². The van der Waals surface area contributed by atoms with Gasteiger partial charge in [-0.25, -0.2) is 13.2 Å². The summed E-state index contributed by atoms with van der Waals surface area (Å²) >= 11 is 0. The summed E-state index contributed by atoms with van der Waals surface area (Å²) in [5, 5.41) is 2.64. The molecule has 0 atom stereocenters. The number of hydrogen-bond donors (Lipinski definition) is 2. The van der Waals surface area contributed by atoms with Crippen molar-refractivity contribution in [3.05, 3.63) is 84.4 Å². The van der Waals surface area contributed by atoms with E-state index in [1.54, 1.807) is 42.5 Å². The summed E-state index contributed by atoms with van der Waals surface area (Å²) in [5.74, 6) is -0.534. The lowest BCUT2D eigenvalue weighted by Gasteiger charge is -2.10. The molecule has 0 aliphatic carbocycles. The van der Waals surface area contributed by atoms with Crippen LogP contribution in [0.4, 0.5) is 11.4 Å². The Kier molecular flexibility index (Phi) is 6.88. The van der Waals surface area contributed by atoms with Crippen LogP contribution >= 0.6 is 0 Å². The number of sulfonamides is 1. The molecule has 0 aromatic heterocycles. The average Bonchev–Trinajstić information content (AvgIpc) is 2.78. The molecule has 3 rings (SSSR count). The molecular weight excluding hydrogens is 420 g/mol. The van der Waals surface area contributed by atoms with Crippen LogP contribution in [0, 0.1) is 0 Å². The van der Waals surface area contributed by atoms with Gasteiger partial charge in [0.2, 0.25) is 0 Å². The summed E-state index contributed by atoms with van der Waals surface area (Å²) in [6, 6.07) is 20.5. The number of benzene rings is 3. The van der Waals surface area contributed by atoms with E-state index in [1.807, 2.05) is 0 Å². The molecule has 31 heavy (non-hydrogen) atoms. The lowest BCUT2D eigenvalue weighted by atomic mass is 10.2. The van der Waals surface area contributed by atoms with Crippen molar-refractivity contribution in [2.24, 2.45) is 0 Å². The summed E-state index contributed by atoms with van der Waals surface area (Å²) in [7, 11) is -2.44. The van der Waals surface area contributed by atoms with Gasteiger partial charge in [-0.2, -0.15) is 0 Å². The van der Waals surface area contributed by atoms with Gasteiger partial charge in [-0.3, -0.25) is 9.52 Å². The number of amides is 1. The molecule has 0 spiro atoms. The summed E-state index contributed by atoms with van der Waals surface area (Å²) in [6.45, 7) is -0.271. The predicted octanol–water partition coefficient (Wildman–Crippen LogP) is 3.29. The topological polar surface area (TPSA) is 111 Å². The van der Waals surface area contributed by atoms with E-state index in [0.29, 0.717) is 22.7 Å². The van der Waals surface area contributed by atoms with Crippen LogP contribution in [0.1, 0.15) is 10.4 Å². The second-order valence-corrected chi connectivity index (χ2v) is 8.03. The number of rotatable bonds is 8. The van der Waals surface area contributed by atoms with Crippen LogP contribution in [0.25, 0.3) is 0 Å². The lowest BCUT2D eigenvalue weighted by Crippen LogP contribution is -2.20. The van der Waals surface area contributed by atoms with Gasteiger partial charge in [0.1, 0.15) is 5.75 Å². The van der Waals surface area contributed by atoms with Crippen molar-refractivity contribution in [2.45, 2.75) is 4.90 Å². The zero-order valence-corrected chi connectivity index (χ0v) is 17.4. The standard InChI is InChI=1S/C22H20N2O6S/c1-29-22(26)16-7-9-17(10-8-16)23-21(25)15-30-19-11-13-20(14-12-19)31(27,28)24-18-5-3-2-4-6-18/h2-14,24H,15H2,1H3,(H,23,25). The Morgan fingerprint density at radius 1 is 0.839 bits per heavy atom. The van der Waals surface area contributed by atoms with Crippen LogP contribution < -0.4 is 14.8 Å². The second-order valence-electron chi connectivity index (χ2n) is 6.35. The highest BCUT2D eigenvalue weighted by Crippen LogP contribution is 2.19. The number of methoxy groups -OCH3 is 1. The molecule has 160 valence electrons. The van der Waals surface area contributed by atoms with Crippen molar-refractivity contribution >= 4 is 33.3 Å². The van der Waals surface area contributed by atoms with E-state index in [1.165, 1.54) is 43.5 Å². The second kappa shape index (κ2) is 9.77. The van der Waals surface area contributed by atoms with Crippen molar-refractivity contribution < 1.29 is 27.5 Å². The van der Waals surface area contributed by atoms with Crippen LogP contribution in [-0.4, -0.2) is 34.0 Å². The van der Waals surface area contributed by atoms with E-state index in [-0.39, 0.29) is 11.5 Å². The molecule has 0 saturated heterocycles. The summed E-state index contributed by atoms with van der Waals surface area (Å²) in [5.41, 5.74) is 1.32. The molecule has 0 heterocycles. The van der Waals surface area contributed by atoms with E-state index in [0.717, 1.165) is 0 Å². The Morgan fingerprint density at radius 2 is 1.48 bits per heavy atom. The van der Waals surface area contributed by atoms with Crippen molar-refractivity contribution in [2.75, 3.05) is 23.8 Å². The quantitative estimate of drug-likeness (QED) is 0.520. The van der Waals surface area contributed by atoms with Gasteiger partial charge in [0, 0.05) is 11.4 Å². The van der Waals surface area contributed by atoms with E-state index in [2.05, 4.69) is 14.8 Å². The van der Waals surface area contributed by atoms with Crippen molar-refractivity contribution in [3.8, 4) is 5.75 Å². The minimum atomic E-state index is -3.73. The molecule has 0 bridgehead atoms. The molecule has 0 radical (unpaired) electrons. The fraction of sp³-hybridized carbons (Fsp3) is 0.0909. The number of carbonyl (C=O) groups is 2. The number of anilines is 2. The Hall–Kier alpha value is -3.85. The number of nitrogens with one attached hydrogen (secondary N) is 2. The number of carbonyl (C=O) groups excluding carboxylic acids is 2. The Balaban J connectivity index is 1.54. The van der Waals surface area contributed by atoms with Crippen LogP contribution in [0.5, 0.6) is 5.75 Å². The van der Waals surface area contributed by atoms with Gasteiger partial charge in [0.05, 0.1) is 17.6 Å². The van der Waals surface area contributed by atoms with Crippen LogP contribution in [0.15, 0.2) is 83.8 Å². The fourth-order valence-corrected chi connectivity index (χ4v) is 3.65. The summed E-state index contributed by atoms with van der Waals surface area (Å²) < 4.78 is 37.3. The van der Waals surface area contributed by atoms with Crippen LogP contribution in [0.3, 0.4) is 0 Å². The number of ether oxygens (including phenoxy) is 2. The molecule has 0 aliphatic heterocycles. The maximum absolute atomic E-state index is 12.4. The normalized spacial score (nSPS) is 10.7. The average molecular weight is 440 g/mol. The largest absolute Gasteiger partial charge is 0.484 e. The van der Waals surface area contributed by atoms with Crippen LogP contribution in [-0.2, 0) is 19.6 Å². The molecule has 3 aromatic rings. The first kappa shape index (κ1) is 21.8. The molecule has 0 fully saturated rings. The zero-order valence-electron chi connectivity index (χ0n) is 16.6. The molecule has 0 aliphatic rings. The first-order valence-electron chi connectivity index (χ1n) is 9.16. The molecule has 8 nitrogen and oxygen atoms in total. The van der Waals surface area contributed by atoms with Gasteiger partial charge in [-0.05, 0) is 60.7 Å². The zero-order chi connectivity index (χ0) is 22.3. The molecule has 9 heteroatoms. The maximum Gasteiger partial charge on any atom is 0.337 e. The summed E-state index contributed by atoms with van der Waals surface area (Å²) in [6.07, 6.45) is 0. The first-order valence-corrected chi connectivity index (χ1v) is 10.6. The van der Waals surface area contributed by atoms with Gasteiger partial charge in [0.15, 0.2) is 6.61 Å². The van der Waals surface area contributed by atoms with E-state index in [4.69, 9.17) is 4.74 Å². The predicted molar refractivity (Wildman–Crippen MR) is 116 cm³/mol. The number of para-hydroxylation sites is 1. The SMILES string of the molecule is COC(=O)c1ccc(NC(=O)COc2ccc(S(=O)(=O)Nc3ccccc3)cc2)cc1. The molecule has 0 unspecified atom stereocenters. The van der Waals surface area contributed by atoms with Gasteiger partial charge in [-0.1, -0.05) is 18.2 Å². The van der Waals surface area contributed by atoms with E-state index < -0.39 is 21.9 Å². The number of hydrogen-bond acceptors (Lipinski definition) is 6. The third-order valence-electron chi connectivity index (χ3n) is 4.12. The minimum absolute atomic E-state index is 0.0684. The molecule has 2 N–H and O–H groups in total. The lowest BCUT2D eigenvalue weighted by molar-refractivity contribution is -0.118. The highest BCUT2D eigenvalue weighted by molar-refractivity contribution is 7.92. The van der Waals surface area contributed by atoms with Crippen molar-refractivity contribution in [1.29, 1.82) is 0 Å². The van der Waals surface area contributed by atoms with Crippen molar-refractivity contribution in [1.82, 2.24) is 0 Å². The third kappa shape index (κ3) is 6.06.